The molecule has 0 fully saturated rings. The summed E-state index contributed by atoms with van der Waals surface area (Å²) in [5.74, 6) is -0.691. The van der Waals surface area contributed by atoms with Crippen molar-refractivity contribution in [3.8, 4) is 0 Å². The first kappa shape index (κ1) is 19.1. The first-order valence-corrected chi connectivity index (χ1v) is 8.41. The molecule has 11 heteroatoms. The van der Waals surface area contributed by atoms with Crippen LogP contribution >= 0.6 is 0 Å². The van der Waals surface area contributed by atoms with Crippen LogP contribution in [-0.2, 0) is 11.3 Å². The van der Waals surface area contributed by atoms with Crippen LogP contribution < -0.4 is 5.32 Å². The Kier molecular flexibility index (Phi) is 5.16. The van der Waals surface area contributed by atoms with E-state index in [0.717, 1.165) is 5.56 Å². The second-order valence-electron chi connectivity index (χ2n) is 6.28. The number of benzene rings is 1. The molecule has 0 aliphatic carbocycles. The second-order valence-corrected chi connectivity index (χ2v) is 6.28. The Morgan fingerprint density at radius 2 is 1.96 bits per heavy atom. The second kappa shape index (κ2) is 7.55. The summed E-state index contributed by atoms with van der Waals surface area (Å²) >= 11 is 0. The van der Waals surface area contributed by atoms with Gasteiger partial charge in [-0.25, -0.2) is 14.1 Å². The van der Waals surface area contributed by atoms with Crippen molar-refractivity contribution in [1.82, 2.24) is 24.5 Å². The van der Waals surface area contributed by atoms with E-state index < -0.39 is 16.9 Å². The molecule has 1 N–H and O–H groups in total. The summed E-state index contributed by atoms with van der Waals surface area (Å²) in [7, 11) is 0. The van der Waals surface area contributed by atoms with Gasteiger partial charge in [0, 0.05) is 0 Å². The molecule has 0 aliphatic rings. The van der Waals surface area contributed by atoms with Crippen LogP contribution in [0.4, 0.5) is 16.0 Å². The summed E-state index contributed by atoms with van der Waals surface area (Å²) < 4.78 is 15.8. The molecule has 3 aromatic rings. The molecule has 10 nitrogen and oxygen atoms in total. The van der Waals surface area contributed by atoms with Crippen molar-refractivity contribution in [2.75, 3.05) is 5.32 Å². The molecule has 28 heavy (non-hydrogen) atoms. The van der Waals surface area contributed by atoms with Crippen LogP contribution in [0.5, 0.6) is 0 Å². The summed E-state index contributed by atoms with van der Waals surface area (Å²) in [5.41, 5.74) is 1.25. The Morgan fingerprint density at radius 3 is 2.57 bits per heavy atom. The van der Waals surface area contributed by atoms with Crippen LogP contribution in [0.3, 0.4) is 0 Å². The zero-order valence-electron chi connectivity index (χ0n) is 15.5. The Morgan fingerprint density at radius 1 is 1.29 bits per heavy atom. The highest BCUT2D eigenvalue weighted by atomic mass is 19.1. The van der Waals surface area contributed by atoms with Gasteiger partial charge in [-0.05, 0) is 38.5 Å². The predicted molar refractivity (Wildman–Crippen MR) is 97.2 cm³/mol. The molecule has 0 aliphatic heterocycles. The molecule has 146 valence electrons. The summed E-state index contributed by atoms with van der Waals surface area (Å²) in [4.78, 5) is 27.1. The number of nitrogens with one attached hydrogen (secondary N) is 1. The molecule has 0 bridgehead atoms. The third-order valence-corrected chi connectivity index (χ3v) is 4.24. The number of rotatable bonds is 6. The lowest BCUT2D eigenvalue weighted by molar-refractivity contribution is -0.386. The molecule has 0 spiro atoms. The van der Waals surface area contributed by atoms with Crippen LogP contribution in [0.15, 0.2) is 30.6 Å². The van der Waals surface area contributed by atoms with E-state index in [1.54, 1.807) is 19.1 Å². The quantitative estimate of drug-likeness (QED) is 0.512. The van der Waals surface area contributed by atoms with Crippen molar-refractivity contribution in [3.05, 3.63) is 63.5 Å². The first-order valence-electron chi connectivity index (χ1n) is 8.41. The van der Waals surface area contributed by atoms with Gasteiger partial charge in [0.05, 0.1) is 11.5 Å². The lowest BCUT2D eigenvalue weighted by Crippen LogP contribution is -2.26. The molecule has 0 radical (unpaired) electrons. The number of amides is 1. The van der Waals surface area contributed by atoms with E-state index in [9.17, 15) is 19.3 Å². The maximum Gasteiger partial charge on any atom is 0.312 e. The highest BCUT2D eigenvalue weighted by Gasteiger charge is 2.27. The highest BCUT2D eigenvalue weighted by Crippen LogP contribution is 2.24. The predicted octanol–water partition coefficient (Wildman–Crippen LogP) is 2.39. The number of hydrogen-bond donors (Lipinski definition) is 1. The fourth-order valence-electron chi connectivity index (χ4n) is 2.83. The zero-order valence-corrected chi connectivity index (χ0v) is 15.5. The van der Waals surface area contributed by atoms with E-state index in [4.69, 9.17) is 0 Å². The minimum Gasteiger partial charge on any atom is -0.291 e. The van der Waals surface area contributed by atoms with Gasteiger partial charge in [-0.1, -0.05) is 12.1 Å². The molecule has 2 heterocycles. The molecule has 1 atom stereocenters. The zero-order chi connectivity index (χ0) is 20.4. The topological polar surface area (TPSA) is 121 Å². The standard InChI is InChI=1S/C17H18FN7O3/c1-10-15(25(27)28)11(2)24(21-10)12(3)16(26)20-17-19-9-23(22-17)8-13-4-6-14(18)7-5-13/h4-7,9,12H,8H2,1-3H3,(H,20,22,26). The van der Waals surface area contributed by atoms with E-state index >= 15 is 0 Å². The van der Waals surface area contributed by atoms with Gasteiger partial charge in [0.25, 0.3) is 5.91 Å². The molecule has 2 aromatic heterocycles. The number of nitro groups is 1. The first-order chi connectivity index (χ1) is 13.3. The van der Waals surface area contributed by atoms with Gasteiger partial charge < -0.3 is 0 Å². The number of nitrogens with zero attached hydrogens (tertiary/aromatic N) is 6. The van der Waals surface area contributed by atoms with Crippen molar-refractivity contribution < 1.29 is 14.1 Å². The molecule has 1 aromatic carbocycles. The maximum atomic E-state index is 13.0. The monoisotopic (exact) mass is 387 g/mol. The Hall–Kier alpha value is -3.63. The largest absolute Gasteiger partial charge is 0.312 e. The van der Waals surface area contributed by atoms with E-state index in [2.05, 4.69) is 20.5 Å². The Bertz CT molecular complexity index is 1030. The molecule has 1 unspecified atom stereocenters. The van der Waals surface area contributed by atoms with Crippen molar-refractivity contribution in [2.24, 2.45) is 0 Å². The highest BCUT2D eigenvalue weighted by molar-refractivity contribution is 5.91. The lowest BCUT2D eigenvalue weighted by Gasteiger charge is -2.12. The van der Waals surface area contributed by atoms with Crippen molar-refractivity contribution in [1.29, 1.82) is 0 Å². The molecular weight excluding hydrogens is 369 g/mol. The third kappa shape index (κ3) is 3.87. The van der Waals surface area contributed by atoms with Crippen LogP contribution in [0.2, 0.25) is 0 Å². The summed E-state index contributed by atoms with van der Waals surface area (Å²) in [6.45, 7) is 5.00. The Labute approximate surface area is 159 Å². The summed E-state index contributed by atoms with van der Waals surface area (Å²) in [6, 6.07) is 5.17. The van der Waals surface area contributed by atoms with Crippen molar-refractivity contribution in [3.63, 3.8) is 0 Å². The van der Waals surface area contributed by atoms with Crippen molar-refractivity contribution >= 4 is 17.5 Å². The average molecular weight is 387 g/mol. The SMILES string of the molecule is Cc1nn(C(C)C(=O)Nc2ncn(Cc3ccc(F)cc3)n2)c(C)c1[N+](=O)[O-]. The van der Waals surface area contributed by atoms with E-state index in [1.807, 2.05) is 0 Å². The van der Waals surface area contributed by atoms with Crippen LogP contribution in [0.1, 0.15) is 29.9 Å². The Balaban J connectivity index is 1.70. The minimum absolute atomic E-state index is 0.0926. The van der Waals surface area contributed by atoms with Gasteiger partial charge in [-0.15, -0.1) is 5.10 Å². The fourth-order valence-corrected chi connectivity index (χ4v) is 2.83. The molecular formula is C17H18FN7O3. The van der Waals surface area contributed by atoms with E-state index in [-0.39, 0.29) is 23.1 Å². The van der Waals surface area contributed by atoms with Crippen LogP contribution in [-0.4, -0.2) is 35.4 Å². The van der Waals surface area contributed by atoms with Gasteiger partial charge in [0.2, 0.25) is 5.95 Å². The number of halogens is 1. The number of aryl methyl sites for hydroxylation is 1. The van der Waals surface area contributed by atoms with E-state index in [0.29, 0.717) is 12.2 Å². The number of aromatic nitrogens is 5. The van der Waals surface area contributed by atoms with Gasteiger partial charge in [0.15, 0.2) is 0 Å². The van der Waals surface area contributed by atoms with E-state index in [1.165, 1.54) is 41.7 Å². The maximum absolute atomic E-state index is 13.0. The lowest BCUT2D eigenvalue weighted by atomic mass is 10.2. The van der Waals surface area contributed by atoms with Gasteiger partial charge in [-0.2, -0.15) is 5.10 Å². The number of anilines is 1. The fraction of sp³-hybridized carbons (Fsp3) is 0.294. The van der Waals surface area contributed by atoms with Gasteiger partial charge >= 0.3 is 5.69 Å². The summed E-state index contributed by atoms with van der Waals surface area (Å²) in [5, 5.41) is 21.9. The molecule has 0 saturated carbocycles. The molecule has 1 amide bonds. The third-order valence-electron chi connectivity index (χ3n) is 4.24. The number of carbonyl (C=O) groups excluding carboxylic acids is 1. The van der Waals surface area contributed by atoms with Gasteiger partial charge in [0.1, 0.15) is 29.6 Å². The molecule has 0 saturated heterocycles. The molecule has 3 rings (SSSR count). The number of hydrogen-bond acceptors (Lipinski definition) is 6. The van der Waals surface area contributed by atoms with Gasteiger partial charge in [-0.3, -0.25) is 24.9 Å². The van der Waals surface area contributed by atoms with Crippen LogP contribution in [0.25, 0.3) is 0 Å². The van der Waals surface area contributed by atoms with Crippen LogP contribution in [0, 0.1) is 29.8 Å². The van der Waals surface area contributed by atoms with Crippen molar-refractivity contribution in [2.45, 2.75) is 33.4 Å². The average Bonchev–Trinajstić information content (AvgIpc) is 3.19. The number of carbonyl (C=O) groups is 1. The normalized spacial score (nSPS) is 12.0. The smallest absolute Gasteiger partial charge is 0.291 e. The summed E-state index contributed by atoms with van der Waals surface area (Å²) in [6.07, 6.45) is 1.44. The minimum atomic E-state index is -0.795.